The normalized spacial score (nSPS) is 13.2. The molecule has 15 aromatic rings. The smallest absolute Gasteiger partial charge is 0.0622 e. The number of benzene rings is 15. The van der Waals surface area contributed by atoms with Gasteiger partial charge < -0.3 is 0 Å². The fraction of sp³-hybridized carbons (Fsp3) is 0.0323. The van der Waals surface area contributed by atoms with Gasteiger partial charge in [0.2, 0.25) is 0 Å². The van der Waals surface area contributed by atoms with E-state index in [0.29, 0.717) is 0 Å². The van der Waals surface area contributed by atoms with Crippen molar-refractivity contribution in [1.29, 1.82) is 0 Å². The zero-order chi connectivity index (χ0) is 61.6. The summed E-state index contributed by atoms with van der Waals surface area (Å²) >= 11 is 0. The van der Waals surface area contributed by atoms with E-state index in [1.165, 1.54) is 128 Å². The van der Waals surface area contributed by atoms with Gasteiger partial charge in [0, 0.05) is 0 Å². The third-order valence-electron chi connectivity index (χ3n) is 20.4. The van der Waals surface area contributed by atoms with Crippen LogP contribution in [0.4, 0.5) is 0 Å². The van der Waals surface area contributed by atoms with Gasteiger partial charge in [0.05, 0.1) is 10.8 Å². The van der Waals surface area contributed by atoms with E-state index in [2.05, 4.69) is 365 Å². The second-order valence-electron chi connectivity index (χ2n) is 25.5. The average molecular weight is 1180 g/mol. The second kappa shape index (κ2) is 21.8. The van der Waals surface area contributed by atoms with Gasteiger partial charge in [-0.05, 0) is 234 Å². The molecule has 0 saturated heterocycles. The van der Waals surface area contributed by atoms with Crippen LogP contribution in [0.15, 0.2) is 358 Å². The molecule has 3 aliphatic rings. The lowest BCUT2D eigenvalue weighted by molar-refractivity contribution is 0.765. The Labute approximate surface area is 544 Å². The summed E-state index contributed by atoms with van der Waals surface area (Å²) in [7, 11) is 0. The van der Waals surface area contributed by atoms with Crippen LogP contribution in [0.1, 0.15) is 50.1 Å². The fourth-order valence-electron chi connectivity index (χ4n) is 16.3. The summed E-state index contributed by atoms with van der Waals surface area (Å²) in [5.41, 5.74) is 36.5. The Hall–Kier alpha value is -11.7. The summed E-state index contributed by atoms with van der Waals surface area (Å²) in [4.78, 5) is 0. The van der Waals surface area contributed by atoms with Crippen LogP contribution in [0.5, 0.6) is 0 Å². The Balaban J connectivity index is 0.989. The molecule has 0 aliphatic heterocycles. The lowest BCUT2D eigenvalue weighted by atomic mass is 9.65. The fourth-order valence-corrected chi connectivity index (χ4v) is 16.3. The van der Waals surface area contributed by atoms with E-state index in [1.54, 1.807) is 0 Å². The van der Waals surface area contributed by atoms with Gasteiger partial charge in [-0.3, -0.25) is 0 Å². The molecule has 3 aliphatic carbocycles. The van der Waals surface area contributed by atoms with E-state index in [4.69, 9.17) is 0 Å². The monoisotopic (exact) mass is 1180 g/mol. The van der Waals surface area contributed by atoms with Crippen molar-refractivity contribution in [3.63, 3.8) is 0 Å². The topological polar surface area (TPSA) is 0 Å². The van der Waals surface area contributed by atoms with Crippen molar-refractivity contribution in [2.24, 2.45) is 0 Å². The summed E-state index contributed by atoms with van der Waals surface area (Å²) in [6.45, 7) is 2.28. The molecule has 0 amide bonds. The third kappa shape index (κ3) is 8.60. The second-order valence-corrected chi connectivity index (χ2v) is 25.5. The molecule has 93 heavy (non-hydrogen) atoms. The maximum absolute atomic E-state index is 2.57. The van der Waals surface area contributed by atoms with Crippen LogP contribution in [0.3, 0.4) is 0 Å². The van der Waals surface area contributed by atoms with Gasteiger partial charge >= 0.3 is 0 Å². The predicted molar refractivity (Wildman–Crippen MR) is 388 cm³/mol. The minimum Gasteiger partial charge on any atom is -0.0622 e. The molecule has 0 radical (unpaired) electrons. The number of rotatable bonds is 10. The van der Waals surface area contributed by atoms with Crippen LogP contribution in [0.2, 0.25) is 0 Å². The molecule has 0 heteroatoms. The first-order chi connectivity index (χ1) is 46.0. The Kier molecular flexibility index (Phi) is 12.7. The Bertz CT molecular complexity index is 4980. The quantitative estimate of drug-likeness (QED) is 0.128. The first-order valence-electron chi connectivity index (χ1n) is 32.5. The van der Waals surface area contributed by atoms with Crippen molar-refractivity contribution >= 4 is 0 Å². The number of hydrogen-bond acceptors (Lipinski definition) is 0. The van der Waals surface area contributed by atoms with Crippen LogP contribution < -0.4 is 0 Å². The maximum atomic E-state index is 2.57. The number of fused-ring (bicyclic) bond motifs is 14. The van der Waals surface area contributed by atoms with E-state index >= 15 is 0 Å². The zero-order valence-corrected chi connectivity index (χ0v) is 51.6. The van der Waals surface area contributed by atoms with Crippen LogP contribution in [0.25, 0.3) is 122 Å². The summed E-state index contributed by atoms with van der Waals surface area (Å²) in [6.07, 6.45) is 0. The molecule has 0 N–H and O–H groups in total. The van der Waals surface area contributed by atoms with E-state index in [1.807, 2.05) is 0 Å². The van der Waals surface area contributed by atoms with E-state index < -0.39 is 10.8 Å². The Morgan fingerprint density at radius 2 is 0.419 bits per heavy atom. The van der Waals surface area contributed by atoms with Gasteiger partial charge in [0.15, 0.2) is 0 Å². The largest absolute Gasteiger partial charge is 0.0725 e. The maximum Gasteiger partial charge on any atom is 0.0725 e. The van der Waals surface area contributed by atoms with Gasteiger partial charge in [-0.2, -0.15) is 0 Å². The van der Waals surface area contributed by atoms with Crippen LogP contribution >= 0.6 is 0 Å². The van der Waals surface area contributed by atoms with Crippen molar-refractivity contribution in [3.05, 3.63) is 408 Å². The SMILES string of the molecule is Cc1ccc2c(c1)-c1c(ccc3c1-c1ccccc1C31c3ccccc3-c3ccccc31)C2(c1cc(-c2cccc(-c3ccccc3)c2)cc(-c2cccc(-c3ccccc3)c2)c1)c1cc(-c2cccc(-c3ccccc3)c2)cc(-c2cccc(-c3ccccc3)c2)c1. The first-order valence-corrected chi connectivity index (χ1v) is 32.5. The molecule has 0 nitrogen and oxygen atoms in total. The van der Waals surface area contributed by atoms with Gasteiger partial charge in [-0.15, -0.1) is 0 Å². The standard InChI is InChI=1S/C93H62/c1-61-46-47-87-83(50-61)91-88(48-49-89-90(91)82-42-16-19-45-86(82)93(89)84-43-17-14-40-80(84)81-41-15-18-44-85(81)93)92(87,78-57-74(70-36-20-32-66(51-70)62-24-6-2-7-25-62)55-75(58-78)71-37-21-33-67(52-71)63-26-8-3-9-27-63)79-59-76(72-38-22-34-68(53-72)64-28-10-4-11-29-64)56-77(60-79)73-39-23-35-69(54-73)65-30-12-5-13-31-65/h2-60H,1H3. The minimum atomic E-state index is -0.902. The summed E-state index contributed by atoms with van der Waals surface area (Å²) < 4.78 is 0. The molecule has 0 saturated carbocycles. The molecule has 0 fully saturated rings. The van der Waals surface area contributed by atoms with Crippen molar-refractivity contribution in [1.82, 2.24) is 0 Å². The molecular formula is C93H62. The summed E-state index contributed by atoms with van der Waals surface area (Å²) in [5.74, 6) is 0. The summed E-state index contributed by atoms with van der Waals surface area (Å²) in [5, 5.41) is 0. The highest BCUT2D eigenvalue weighted by molar-refractivity contribution is 6.05. The van der Waals surface area contributed by atoms with Crippen LogP contribution in [-0.2, 0) is 10.8 Å². The molecule has 18 rings (SSSR count). The van der Waals surface area contributed by atoms with E-state index in [-0.39, 0.29) is 0 Å². The van der Waals surface area contributed by atoms with Crippen LogP contribution in [0, 0.1) is 6.92 Å². The Morgan fingerprint density at radius 3 is 0.796 bits per heavy atom. The predicted octanol–water partition coefficient (Wildman–Crippen LogP) is 24.0. The van der Waals surface area contributed by atoms with Gasteiger partial charge in [0.1, 0.15) is 0 Å². The number of aryl methyl sites for hydroxylation is 1. The highest BCUT2D eigenvalue weighted by Gasteiger charge is 2.55. The van der Waals surface area contributed by atoms with Gasteiger partial charge in [0.25, 0.3) is 0 Å². The molecule has 0 unspecified atom stereocenters. The molecule has 0 aromatic heterocycles. The molecule has 1 spiro atoms. The zero-order valence-electron chi connectivity index (χ0n) is 51.6. The van der Waals surface area contributed by atoms with E-state index in [0.717, 1.165) is 44.5 Å². The van der Waals surface area contributed by atoms with Gasteiger partial charge in [-0.25, -0.2) is 0 Å². The first kappa shape index (κ1) is 54.3. The van der Waals surface area contributed by atoms with Crippen molar-refractivity contribution in [2.45, 2.75) is 17.8 Å². The molecule has 0 heterocycles. The third-order valence-corrected chi connectivity index (χ3v) is 20.4. The highest BCUT2D eigenvalue weighted by atomic mass is 14.6. The van der Waals surface area contributed by atoms with Crippen molar-refractivity contribution in [3.8, 4) is 122 Å². The average Bonchev–Trinajstić information content (AvgIpc) is 1.49. The number of hydrogen-bond donors (Lipinski definition) is 0. The lowest BCUT2D eigenvalue weighted by Gasteiger charge is -2.36. The van der Waals surface area contributed by atoms with Crippen molar-refractivity contribution < 1.29 is 0 Å². The minimum absolute atomic E-state index is 0.537. The van der Waals surface area contributed by atoms with Crippen molar-refractivity contribution in [2.75, 3.05) is 0 Å². The molecule has 434 valence electrons. The Morgan fingerprint density at radius 1 is 0.161 bits per heavy atom. The molecular weight excluding hydrogens is 1120 g/mol. The molecule has 15 aromatic carbocycles. The molecule has 0 atom stereocenters. The highest BCUT2D eigenvalue weighted by Crippen LogP contribution is 2.68. The summed E-state index contributed by atoms with van der Waals surface area (Å²) in [6, 6.07) is 135. The van der Waals surface area contributed by atoms with Gasteiger partial charge in [-0.1, -0.05) is 303 Å². The van der Waals surface area contributed by atoms with E-state index in [9.17, 15) is 0 Å². The van der Waals surface area contributed by atoms with Crippen LogP contribution in [-0.4, -0.2) is 0 Å². The lowest BCUT2D eigenvalue weighted by Crippen LogP contribution is -2.29. The molecule has 0 bridgehead atoms.